The van der Waals surface area contributed by atoms with Gasteiger partial charge in [-0.05, 0) is 35.9 Å². The van der Waals surface area contributed by atoms with Crippen LogP contribution in [0.4, 0.5) is 5.69 Å². The number of thioether (sulfide) groups is 1. The summed E-state index contributed by atoms with van der Waals surface area (Å²) >= 11 is 1.80. The van der Waals surface area contributed by atoms with Crippen LogP contribution >= 0.6 is 11.8 Å². The van der Waals surface area contributed by atoms with Crippen LogP contribution in [0.15, 0.2) is 89.1 Å². The largest absolute Gasteiger partial charge is 0.338 e. The molecule has 0 saturated carbocycles. The van der Waals surface area contributed by atoms with Gasteiger partial charge in [-0.1, -0.05) is 48.2 Å². The lowest BCUT2D eigenvalue weighted by Gasteiger charge is -2.12. The Labute approximate surface area is 174 Å². The summed E-state index contributed by atoms with van der Waals surface area (Å²) < 4.78 is 2.05. The zero-order valence-electron chi connectivity index (χ0n) is 16.3. The third-order valence-corrected chi connectivity index (χ3v) is 6.25. The second-order valence-corrected chi connectivity index (χ2v) is 8.14. The molecule has 3 heterocycles. The van der Waals surface area contributed by atoms with Gasteiger partial charge >= 0.3 is 0 Å². The molecule has 0 amide bonds. The highest BCUT2D eigenvalue weighted by atomic mass is 32.2. The van der Waals surface area contributed by atoms with Gasteiger partial charge in [0.05, 0.1) is 27.3 Å². The Hall–Kier alpha value is -3.31. The van der Waals surface area contributed by atoms with Crippen LogP contribution in [-0.4, -0.2) is 17.0 Å². The first-order chi connectivity index (χ1) is 14.2. The van der Waals surface area contributed by atoms with Crippen molar-refractivity contribution in [2.24, 2.45) is 7.05 Å². The molecule has 0 unspecified atom stereocenters. The van der Waals surface area contributed by atoms with E-state index in [9.17, 15) is 0 Å². The summed E-state index contributed by atoms with van der Waals surface area (Å²) in [5, 5.41) is 1.22. The Balaban J connectivity index is 1.48. The van der Waals surface area contributed by atoms with E-state index in [1.165, 1.54) is 15.6 Å². The number of H-pyrrole nitrogens is 1. The molecule has 0 aliphatic carbocycles. The molecule has 1 aliphatic heterocycles. The minimum absolute atomic E-state index is 0.884. The molecule has 0 radical (unpaired) electrons. The topological polar surface area (TPSA) is 35.8 Å². The third-order valence-electron chi connectivity index (χ3n) is 5.06. The van der Waals surface area contributed by atoms with E-state index in [0.29, 0.717) is 0 Å². The lowest BCUT2D eigenvalue weighted by Crippen LogP contribution is -2.26. The summed E-state index contributed by atoms with van der Waals surface area (Å²) in [5.74, 6) is 0.884. The van der Waals surface area contributed by atoms with Crippen LogP contribution in [0.2, 0.25) is 0 Å². The second kappa shape index (κ2) is 7.26. The third kappa shape index (κ3) is 3.34. The van der Waals surface area contributed by atoms with Gasteiger partial charge in [0.15, 0.2) is 12.4 Å². The highest BCUT2D eigenvalue weighted by molar-refractivity contribution is 8.03. The number of benzene rings is 2. The molecule has 0 atom stereocenters. The average molecular weight is 398 g/mol. The van der Waals surface area contributed by atoms with E-state index in [1.54, 1.807) is 11.8 Å². The van der Waals surface area contributed by atoms with E-state index in [2.05, 4.69) is 88.5 Å². The van der Waals surface area contributed by atoms with Crippen LogP contribution in [0.3, 0.4) is 0 Å². The Kier molecular flexibility index (Phi) is 4.45. The van der Waals surface area contributed by atoms with E-state index in [-0.39, 0.29) is 0 Å². The maximum atomic E-state index is 4.78. The number of rotatable bonds is 3. The van der Waals surface area contributed by atoms with E-state index < -0.39 is 0 Å². The van der Waals surface area contributed by atoms with Crippen molar-refractivity contribution < 1.29 is 4.57 Å². The van der Waals surface area contributed by atoms with Crippen molar-refractivity contribution in [1.29, 1.82) is 0 Å². The zero-order valence-corrected chi connectivity index (χ0v) is 17.1. The molecule has 0 bridgehead atoms. The van der Waals surface area contributed by atoms with Gasteiger partial charge in [0, 0.05) is 18.0 Å². The van der Waals surface area contributed by atoms with Gasteiger partial charge < -0.3 is 9.88 Å². The molecule has 1 aliphatic rings. The smallest absolute Gasteiger partial charge is 0.180 e. The number of para-hydroxylation sites is 3. The monoisotopic (exact) mass is 397 g/mol. The zero-order chi connectivity index (χ0) is 19.8. The lowest BCUT2D eigenvalue weighted by atomic mass is 10.1. The Bertz CT molecular complexity index is 1240. The first-order valence-corrected chi connectivity index (χ1v) is 10.3. The van der Waals surface area contributed by atoms with Gasteiger partial charge in [-0.15, -0.1) is 0 Å². The molecule has 2 aromatic heterocycles. The van der Waals surface area contributed by atoms with Crippen molar-refractivity contribution in [3.63, 3.8) is 0 Å². The lowest BCUT2D eigenvalue weighted by molar-refractivity contribution is -0.671. The number of fused-ring (bicyclic) bond motifs is 2. The molecule has 2 aromatic carbocycles. The summed E-state index contributed by atoms with van der Waals surface area (Å²) in [6.45, 7) is 0. The highest BCUT2D eigenvalue weighted by Crippen LogP contribution is 2.44. The summed E-state index contributed by atoms with van der Waals surface area (Å²) in [6.07, 6.45) is 10.6. The highest BCUT2D eigenvalue weighted by Gasteiger charge is 2.20. The van der Waals surface area contributed by atoms with Gasteiger partial charge in [-0.2, -0.15) is 0 Å². The first-order valence-electron chi connectivity index (χ1n) is 9.52. The molecule has 4 nitrogen and oxygen atoms in total. The van der Waals surface area contributed by atoms with Crippen LogP contribution in [0, 0.1) is 0 Å². The average Bonchev–Trinajstić information content (AvgIpc) is 3.31. The van der Waals surface area contributed by atoms with Gasteiger partial charge in [-0.25, -0.2) is 9.55 Å². The summed E-state index contributed by atoms with van der Waals surface area (Å²) in [7, 11) is 4.14. The fraction of sp³-hybridized carbons (Fsp3) is 0.0833. The van der Waals surface area contributed by atoms with Crippen molar-refractivity contribution in [3.8, 4) is 11.4 Å². The fourth-order valence-electron chi connectivity index (χ4n) is 3.53. The van der Waals surface area contributed by atoms with Crippen LogP contribution in [-0.2, 0) is 7.05 Å². The number of allylic oxidation sites excluding steroid dienone is 2. The number of nitrogens with one attached hydrogen (secondary N) is 1. The molecule has 5 rings (SSSR count). The molecule has 29 heavy (non-hydrogen) atoms. The number of aromatic amines is 1. The number of hydrogen-bond donors (Lipinski definition) is 1. The van der Waals surface area contributed by atoms with Crippen LogP contribution in [0.1, 0.15) is 5.56 Å². The molecular formula is C24H21N4S+. The Morgan fingerprint density at radius 1 is 1.07 bits per heavy atom. The molecule has 0 spiro atoms. The number of pyridine rings is 1. The van der Waals surface area contributed by atoms with E-state index in [4.69, 9.17) is 4.98 Å². The van der Waals surface area contributed by atoms with E-state index >= 15 is 0 Å². The van der Waals surface area contributed by atoms with Gasteiger partial charge in [-0.3, -0.25) is 0 Å². The fourth-order valence-corrected chi connectivity index (χ4v) is 4.60. The summed E-state index contributed by atoms with van der Waals surface area (Å²) in [6, 6.07) is 18.7. The summed E-state index contributed by atoms with van der Waals surface area (Å²) in [5.41, 5.74) is 5.49. The molecule has 0 saturated heterocycles. The number of aromatic nitrogens is 3. The molecule has 5 heteroatoms. The Morgan fingerprint density at radius 2 is 1.90 bits per heavy atom. The van der Waals surface area contributed by atoms with Crippen molar-refractivity contribution in [3.05, 3.63) is 89.7 Å². The van der Waals surface area contributed by atoms with Crippen molar-refractivity contribution in [2.75, 3.05) is 11.9 Å². The second-order valence-electron chi connectivity index (χ2n) is 7.07. The summed E-state index contributed by atoms with van der Waals surface area (Å²) in [4.78, 5) is 11.8. The van der Waals surface area contributed by atoms with Gasteiger partial charge in [0.1, 0.15) is 12.9 Å². The van der Waals surface area contributed by atoms with Crippen LogP contribution in [0.5, 0.6) is 0 Å². The van der Waals surface area contributed by atoms with Gasteiger partial charge in [0.2, 0.25) is 0 Å². The number of imidazole rings is 1. The predicted octanol–water partition coefficient (Wildman–Crippen LogP) is 5.15. The van der Waals surface area contributed by atoms with Gasteiger partial charge in [0.25, 0.3) is 0 Å². The molecular weight excluding hydrogens is 376 g/mol. The number of hydrogen-bond acceptors (Lipinski definition) is 3. The molecule has 1 N–H and O–H groups in total. The van der Waals surface area contributed by atoms with Crippen molar-refractivity contribution >= 4 is 34.6 Å². The molecule has 142 valence electrons. The Morgan fingerprint density at radius 3 is 2.76 bits per heavy atom. The van der Waals surface area contributed by atoms with Crippen molar-refractivity contribution in [1.82, 2.24) is 9.97 Å². The minimum atomic E-state index is 0.884. The van der Waals surface area contributed by atoms with Crippen molar-refractivity contribution in [2.45, 2.75) is 4.90 Å². The quantitative estimate of drug-likeness (QED) is 0.486. The molecule has 4 aromatic rings. The minimum Gasteiger partial charge on any atom is -0.338 e. The SMILES string of the molecule is CN1/C(=C/C=C/c2cc[n+](C)cc2-c2nc3ccccc3[nH]2)Sc2ccccc21. The first kappa shape index (κ1) is 17.8. The maximum absolute atomic E-state index is 4.78. The van der Waals surface area contributed by atoms with E-state index in [1.807, 2.05) is 25.2 Å². The number of anilines is 1. The maximum Gasteiger partial charge on any atom is 0.180 e. The van der Waals surface area contributed by atoms with Crippen LogP contribution in [0.25, 0.3) is 28.5 Å². The standard InChI is InChI=1S/C24H21N4S/c1-27-15-14-17(18(16-27)24-25-19-9-3-4-10-20(19)26-24)8-7-13-23-28(2)21-11-5-6-12-22(21)29-23/h3-16H,1-2H3,(H,25,26)/q+1. The number of nitrogens with zero attached hydrogens (tertiary/aromatic N) is 3. The predicted molar refractivity (Wildman–Crippen MR) is 121 cm³/mol. The van der Waals surface area contributed by atoms with E-state index in [0.717, 1.165) is 28.0 Å². The number of aryl methyl sites for hydroxylation is 1. The normalized spacial score (nSPS) is 15.0. The molecule has 0 fully saturated rings. The van der Waals surface area contributed by atoms with Crippen LogP contribution < -0.4 is 9.47 Å².